The van der Waals surface area contributed by atoms with Gasteiger partial charge in [-0.3, -0.25) is 4.79 Å². The number of unbranched alkanes of at least 4 members (excludes halogenated alkanes) is 45. The van der Waals surface area contributed by atoms with Crippen LogP contribution in [0, 0.1) is 0 Å². The van der Waals surface area contributed by atoms with Crippen LogP contribution in [0.3, 0.4) is 0 Å². The van der Waals surface area contributed by atoms with E-state index in [4.69, 9.17) is 0 Å². The standard InChI is InChI=1S/C71H131NO3/c1-3-5-7-9-11-13-15-17-19-21-23-25-27-29-31-33-35-36-37-39-41-43-45-47-49-51-53-55-57-59-61-63-65-67-71(75)72-69(68-73)70(74)66-64-62-60-58-56-54-52-50-48-46-44-42-40-38-34-32-30-28-26-24-22-20-18-16-14-12-10-8-6-4-2/h5,7,11,13,17,19,23,25,56,58,64,66,69-70,73-74H,3-4,6,8-10,12,14-16,18,20-22,24,26-55,57,59-63,65,67-68H2,1-2H3,(H,72,75)/b7-5-,13-11-,19-17-,25-23-,58-56+,66-64+. The molecule has 438 valence electrons. The number of aliphatic hydroxyl groups excluding tert-OH is 2. The lowest BCUT2D eigenvalue weighted by molar-refractivity contribution is -0.123. The van der Waals surface area contributed by atoms with E-state index in [1.54, 1.807) is 6.08 Å². The zero-order valence-corrected chi connectivity index (χ0v) is 50.6. The van der Waals surface area contributed by atoms with Crippen LogP contribution in [-0.2, 0) is 4.79 Å². The first-order chi connectivity index (χ1) is 37.2. The van der Waals surface area contributed by atoms with Gasteiger partial charge in [0.2, 0.25) is 5.91 Å². The van der Waals surface area contributed by atoms with Crippen LogP contribution in [0.15, 0.2) is 72.9 Å². The van der Waals surface area contributed by atoms with Gasteiger partial charge in [0.15, 0.2) is 0 Å². The van der Waals surface area contributed by atoms with Gasteiger partial charge in [0.1, 0.15) is 0 Å². The van der Waals surface area contributed by atoms with E-state index in [0.29, 0.717) is 6.42 Å². The Labute approximate surface area is 469 Å². The average Bonchev–Trinajstić information content (AvgIpc) is 3.41. The number of allylic oxidation sites excluding steroid dienone is 11. The predicted molar refractivity (Wildman–Crippen MR) is 336 cm³/mol. The van der Waals surface area contributed by atoms with Gasteiger partial charge >= 0.3 is 0 Å². The Morgan fingerprint density at radius 3 is 0.933 bits per heavy atom. The molecule has 0 spiro atoms. The zero-order valence-electron chi connectivity index (χ0n) is 50.6. The summed E-state index contributed by atoms with van der Waals surface area (Å²) in [5, 5.41) is 23.3. The molecule has 4 heteroatoms. The van der Waals surface area contributed by atoms with Crippen molar-refractivity contribution in [1.82, 2.24) is 5.32 Å². The average molecular weight is 1050 g/mol. The van der Waals surface area contributed by atoms with E-state index >= 15 is 0 Å². The molecule has 0 aromatic carbocycles. The van der Waals surface area contributed by atoms with Gasteiger partial charge in [-0.25, -0.2) is 0 Å². The monoisotopic (exact) mass is 1050 g/mol. The summed E-state index contributed by atoms with van der Waals surface area (Å²) in [6.45, 7) is 4.22. The Hall–Kier alpha value is -2.17. The number of amides is 1. The molecule has 0 aromatic heterocycles. The smallest absolute Gasteiger partial charge is 0.220 e. The van der Waals surface area contributed by atoms with Gasteiger partial charge in [-0.2, -0.15) is 0 Å². The second-order valence-electron chi connectivity index (χ2n) is 22.9. The molecule has 4 nitrogen and oxygen atoms in total. The fraction of sp³-hybridized carbons (Fsp3) is 0.817. The molecule has 3 N–H and O–H groups in total. The van der Waals surface area contributed by atoms with Crippen molar-refractivity contribution in [2.24, 2.45) is 0 Å². The maximum Gasteiger partial charge on any atom is 0.220 e. The molecular formula is C71H131NO3. The molecule has 0 bridgehead atoms. The van der Waals surface area contributed by atoms with Crippen molar-refractivity contribution in [3.05, 3.63) is 72.9 Å². The molecule has 75 heavy (non-hydrogen) atoms. The molecular weight excluding hydrogens is 915 g/mol. The van der Waals surface area contributed by atoms with Gasteiger partial charge in [-0.1, -0.05) is 350 Å². The number of nitrogens with one attached hydrogen (secondary N) is 1. The Bertz CT molecular complexity index is 1280. The normalized spacial score (nSPS) is 13.2. The van der Waals surface area contributed by atoms with Crippen LogP contribution in [0.5, 0.6) is 0 Å². The molecule has 0 rings (SSSR count). The van der Waals surface area contributed by atoms with E-state index in [1.807, 2.05) is 6.08 Å². The highest BCUT2D eigenvalue weighted by Gasteiger charge is 2.18. The summed E-state index contributed by atoms with van der Waals surface area (Å²) in [7, 11) is 0. The third-order valence-electron chi connectivity index (χ3n) is 15.4. The van der Waals surface area contributed by atoms with Crippen LogP contribution in [0.2, 0.25) is 0 Å². The molecule has 0 aliphatic rings. The number of hydrogen-bond acceptors (Lipinski definition) is 3. The van der Waals surface area contributed by atoms with Gasteiger partial charge in [-0.05, 0) is 70.6 Å². The van der Waals surface area contributed by atoms with E-state index in [2.05, 4.69) is 79.9 Å². The molecule has 0 heterocycles. The molecule has 0 radical (unpaired) electrons. The van der Waals surface area contributed by atoms with E-state index in [-0.39, 0.29) is 12.5 Å². The molecule has 2 unspecified atom stereocenters. The molecule has 0 fully saturated rings. The fourth-order valence-corrected chi connectivity index (χ4v) is 10.4. The van der Waals surface area contributed by atoms with E-state index in [1.165, 1.54) is 276 Å². The summed E-state index contributed by atoms with van der Waals surface area (Å²) >= 11 is 0. The largest absolute Gasteiger partial charge is 0.394 e. The van der Waals surface area contributed by atoms with Crippen LogP contribution in [-0.4, -0.2) is 34.9 Å². The number of hydrogen-bond donors (Lipinski definition) is 3. The zero-order chi connectivity index (χ0) is 54.1. The highest BCUT2D eigenvalue weighted by molar-refractivity contribution is 5.76. The molecule has 0 saturated heterocycles. The highest BCUT2D eigenvalue weighted by Crippen LogP contribution is 2.18. The second kappa shape index (κ2) is 66.1. The lowest BCUT2D eigenvalue weighted by atomic mass is 10.0. The van der Waals surface area contributed by atoms with Gasteiger partial charge in [-0.15, -0.1) is 0 Å². The van der Waals surface area contributed by atoms with Crippen molar-refractivity contribution in [2.45, 2.75) is 366 Å². The van der Waals surface area contributed by atoms with Crippen molar-refractivity contribution in [2.75, 3.05) is 6.61 Å². The SMILES string of the molecule is CC/C=C\C/C=C\C/C=C\C/C=C\CCCCCCCCCCCCCCCCCCCCCCC(=O)NC(CO)C(O)/C=C/CC/C=C/CCCCCCCCCCCCCCCCCCCCCCCCCC. The maximum absolute atomic E-state index is 12.5. The Kier molecular flexibility index (Phi) is 64.2. The second-order valence-corrected chi connectivity index (χ2v) is 22.9. The number of aliphatic hydroxyl groups is 2. The van der Waals surface area contributed by atoms with Crippen molar-refractivity contribution < 1.29 is 15.0 Å². The first-order valence-corrected chi connectivity index (χ1v) is 33.7. The van der Waals surface area contributed by atoms with E-state index in [9.17, 15) is 15.0 Å². The van der Waals surface area contributed by atoms with E-state index < -0.39 is 12.1 Å². The summed E-state index contributed by atoms with van der Waals surface area (Å²) in [4.78, 5) is 12.5. The minimum Gasteiger partial charge on any atom is -0.394 e. The Balaban J connectivity index is 3.47. The first kappa shape index (κ1) is 72.8. The van der Waals surface area contributed by atoms with Gasteiger partial charge in [0.05, 0.1) is 18.8 Å². The summed E-state index contributed by atoms with van der Waals surface area (Å²) in [6.07, 6.45) is 95.5. The third-order valence-corrected chi connectivity index (χ3v) is 15.4. The minimum atomic E-state index is -0.865. The lowest BCUT2D eigenvalue weighted by Gasteiger charge is -2.19. The number of carbonyl (C=O) groups is 1. The molecule has 0 saturated carbocycles. The molecule has 0 aromatic rings. The summed E-state index contributed by atoms with van der Waals surface area (Å²) < 4.78 is 0. The lowest BCUT2D eigenvalue weighted by Crippen LogP contribution is -2.45. The molecule has 0 aliphatic carbocycles. The Morgan fingerprint density at radius 2 is 0.600 bits per heavy atom. The minimum absolute atomic E-state index is 0.0689. The van der Waals surface area contributed by atoms with Gasteiger partial charge < -0.3 is 15.5 Å². The summed E-state index contributed by atoms with van der Waals surface area (Å²) in [5.41, 5.74) is 0. The fourth-order valence-electron chi connectivity index (χ4n) is 10.4. The summed E-state index contributed by atoms with van der Waals surface area (Å²) in [6, 6.07) is -0.642. The highest BCUT2D eigenvalue weighted by atomic mass is 16.3. The maximum atomic E-state index is 12.5. The predicted octanol–water partition coefficient (Wildman–Crippen LogP) is 22.9. The van der Waals surface area contributed by atoms with Crippen LogP contribution in [0.25, 0.3) is 0 Å². The first-order valence-electron chi connectivity index (χ1n) is 33.7. The van der Waals surface area contributed by atoms with Crippen molar-refractivity contribution in [3.8, 4) is 0 Å². The molecule has 2 atom stereocenters. The van der Waals surface area contributed by atoms with Crippen LogP contribution in [0.4, 0.5) is 0 Å². The molecule has 1 amide bonds. The molecule has 0 aliphatic heterocycles. The van der Waals surface area contributed by atoms with Gasteiger partial charge in [0, 0.05) is 6.42 Å². The Morgan fingerprint density at radius 1 is 0.333 bits per heavy atom. The quantitative estimate of drug-likeness (QED) is 0.0420. The summed E-state index contributed by atoms with van der Waals surface area (Å²) in [5.74, 6) is -0.0689. The topological polar surface area (TPSA) is 69.6 Å². The van der Waals surface area contributed by atoms with Crippen LogP contribution < -0.4 is 5.32 Å². The van der Waals surface area contributed by atoms with Crippen LogP contribution >= 0.6 is 0 Å². The van der Waals surface area contributed by atoms with Crippen molar-refractivity contribution >= 4 is 5.91 Å². The third kappa shape index (κ3) is 62.6. The van der Waals surface area contributed by atoms with Crippen molar-refractivity contribution in [3.63, 3.8) is 0 Å². The number of carbonyl (C=O) groups excluding carboxylic acids is 1. The van der Waals surface area contributed by atoms with Crippen LogP contribution in [0.1, 0.15) is 354 Å². The van der Waals surface area contributed by atoms with E-state index in [0.717, 1.165) is 57.8 Å². The number of rotatable bonds is 62. The van der Waals surface area contributed by atoms with Crippen molar-refractivity contribution in [1.29, 1.82) is 0 Å². The van der Waals surface area contributed by atoms with Gasteiger partial charge in [0.25, 0.3) is 0 Å².